The lowest BCUT2D eigenvalue weighted by Crippen LogP contribution is -2.12. The smallest absolute Gasteiger partial charge is 0.322 e. The van der Waals surface area contributed by atoms with E-state index < -0.39 is 0 Å². The van der Waals surface area contributed by atoms with Crippen LogP contribution in [0.2, 0.25) is 0 Å². The molecule has 4 rings (SSSR count). The third-order valence-electron chi connectivity index (χ3n) is 4.53. The van der Waals surface area contributed by atoms with Crippen LogP contribution in [0.5, 0.6) is 11.5 Å². The predicted molar refractivity (Wildman–Crippen MR) is 115 cm³/mol. The standard InChI is InChI=1S/C23H23N3O5/c1-3-5-12-29-17-10-6-9-16(13-17)21(27)24-23-26-25-22(31-23)19-14-15-8-7-11-18(28-4-2)20(15)30-19/h6-11,13-14H,3-5,12H2,1-2H3,(H,24,26,27). The molecule has 2 aromatic carbocycles. The predicted octanol–water partition coefficient (Wildman–Crippen LogP) is 5.31. The molecule has 2 heterocycles. The Balaban J connectivity index is 1.48. The molecule has 2 aromatic heterocycles. The van der Waals surface area contributed by atoms with Gasteiger partial charge >= 0.3 is 6.01 Å². The highest BCUT2D eigenvalue weighted by molar-refractivity contribution is 6.03. The van der Waals surface area contributed by atoms with Gasteiger partial charge < -0.3 is 18.3 Å². The number of para-hydroxylation sites is 1. The molecule has 0 atom stereocenters. The summed E-state index contributed by atoms with van der Waals surface area (Å²) in [5.41, 5.74) is 1.03. The quantitative estimate of drug-likeness (QED) is 0.365. The van der Waals surface area contributed by atoms with Gasteiger partial charge in [0.25, 0.3) is 11.8 Å². The van der Waals surface area contributed by atoms with Gasteiger partial charge in [0.2, 0.25) is 0 Å². The van der Waals surface area contributed by atoms with Gasteiger partial charge in [-0.25, -0.2) is 0 Å². The number of carbonyl (C=O) groups excluding carboxylic acids is 1. The van der Waals surface area contributed by atoms with Crippen LogP contribution < -0.4 is 14.8 Å². The number of aromatic nitrogens is 2. The third-order valence-corrected chi connectivity index (χ3v) is 4.53. The van der Waals surface area contributed by atoms with Crippen LogP contribution >= 0.6 is 0 Å². The summed E-state index contributed by atoms with van der Waals surface area (Å²) in [6.07, 6.45) is 1.99. The largest absolute Gasteiger partial charge is 0.494 e. The van der Waals surface area contributed by atoms with Crippen LogP contribution in [0.25, 0.3) is 22.6 Å². The van der Waals surface area contributed by atoms with E-state index in [9.17, 15) is 4.79 Å². The third kappa shape index (κ3) is 4.69. The highest BCUT2D eigenvalue weighted by Crippen LogP contribution is 2.33. The van der Waals surface area contributed by atoms with Crippen LogP contribution in [0.4, 0.5) is 6.01 Å². The van der Waals surface area contributed by atoms with E-state index in [1.54, 1.807) is 24.3 Å². The van der Waals surface area contributed by atoms with Gasteiger partial charge in [-0.3, -0.25) is 10.1 Å². The van der Waals surface area contributed by atoms with E-state index in [1.807, 2.05) is 31.2 Å². The van der Waals surface area contributed by atoms with E-state index in [2.05, 4.69) is 22.4 Å². The Labute approximate surface area is 179 Å². The summed E-state index contributed by atoms with van der Waals surface area (Å²) in [6.45, 7) is 5.13. The van der Waals surface area contributed by atoms with E-state index in [-0.39, 0.29) is 17.8 Å². The monoisotopic (exact) mass is 421 g/mol. The zero-order valence-electron chi connectivity index (χ0n) is 17.4. The second-order valence-electron chi connectivity index (χ2n) is 6.81. The van der Waals surface area contributed by atoms with Crippen molar-refractivity contribution in [1.82, 2.24) is 10.2 Å². The number of rotatable bonds is 9. The number of nitrogens with one attached hydrogen (secondary N) is 1. The lowest BCUT2D eigenvalue weighted by molar-refractivity contribution is 0.102. The number of hydrogen-bond donors (Lipinski definition) is 1. The molecule has 0 saturated carbocycles. The highest BCUT2D eigenvalue weighted by Gasteiger charge is 2.17. The molecule has 0 radical (unpaired) electrons. The van der Waals surface area contributed by atoms with E-state index in [0.29, 0.717) is 41.6 Å². The Morgan fingerprint density at radius 3 is 2.74 bits per heavy atom. The molecule has 1 N–H and O–H groups in total. The van der Waals surface area contributed by atoms with Crippen molar-refractivity contribution in [1.29, 1.82) is 0 Å². The second kappa shape index (κ2) is 9.34. The summed E-state index contributed by atoms with van der Waals surface area (Å²) in [5, 5.41) is 11.3. The highest BCUT2D eigenvalue weighted by atomic mass is 16.5. The molecule has 0 fully saturated rings. The Bertz CT molecular complexity index is 1180. The molecule has 0 aliphatic heterocycles. The molecular formula is C23H23N3O5. The summed E-state index contributed by atoms with van der Waals surface area (Å²) >= 11 is 0. The Kier molecular flexibility index (Phi) is 6.16. The van der Waals surface area contributed by atoms with Gasteiger partial charge in [0.05, 0.1) is 13.2 Å². The first-order valence-corrected chi connectivity index (χ1v) is 10.2. The van der Waals surface area contributed by atoms with E-state index >= 15 is 0 Å². The first-order valence-electron chi connectivity index (χ1n) is 10.2. The number of fused-ring (bicyclic) bond motifs is 1. The average molecular weight is 421 g/mol. The van der Waals surface area contributed by atoms with E-state index in [0.717, 1.165) is 18.2 Å². The van der Waals surface area contributed by atoms with Crippen molar-refractivity contribution in [2.24, 2.45) is 0 Å². The molecule has 0 aliphatic rings. The number of nitrogens with zero attached hydrogens (tertiary/aromatic N) is 2. The fraction of sp³-hybridized carbons (Fsp3) is 0.261. The van der Waals surface area contributed by atoms with Crippen molar-refractivity contribution < 1.29 is 23.1 Å². The van der Waals surface area contributed by atoms with Gasteiger partial charge in [0.1, 0.15) is 5.75 Å². The summed E-state index contributed by atoms with van der Waals surface area (Å²) in [7, 11) is 0. The number of carbonyl (C=O) groups is 1. The molecule has 4 aromatic rings. The zero-order valence-corrected chi connectivity index (χ0v) is 17.4. The minimum atomic E-state index is -0.376. The molecule has 1 amide bonds. The van der Waals surface area contributed by atoms with Crippen LogP contribution in [0.15, 0.2) is 57.4 Å². The first kappa shape index (κ1) is 20.5. The second-order valence-corrected chi connectivity index (χ2v) is 6.81. The Morgan fingerprint density at radius 2 is 1.90 bits per heavy atom. The maximum Gasteiger partial charge on any atom is 0.322 e. The molecule has 0 bridgehead atoms. The van der Waals surface area contributed by atoms with Crippen molar-refractivity contribution in [3.05, 3.63) is 54.1 Å². The topological polar surface area (TPSA) is 99.6 Å². The van der Waals surface area contributed by atoms with Crippen molar-refractivity contribution in [2.45, 2.75) is 26.7 Å². The zero-order chi connectivity index (χ0) is 21.6. The average Bonchev–Trinajstić information content (AvgIpc) is 3.42. The summed E-state index contributed by atoms with van der Waals surface area (Å²) in [4.78, 5) is 12.6. The van der Waals surface area contributed by atoms with Gasteiger partial charge in [0.15, 0.2) is 17.1 Å². The van der Waals surface area contributed by atoms with Crippen molar-refractivity contribution in [3.8, 4) is 23.1 Å². The van der Waals surface area contributed by atoms with Crippen LogP contribution in [0.1, 0.15) is 37.0 Å². The minimum Gasteiger partial charge on any atom is -0.494 e. The number of ether oxygens (including phenoxy) is 2. The van der Waals surface area contributed by atoms with E-state index in [1.165, 1.54) is 0 Å². The lowest BCUT2D eigenvalue weighted by atomic mass is 10.2. The minimum absolute atomic E-state index is 0.0252. The molecule has 0 spiro atoms. The molecule has 0 unspecified atom stereocenters. The molecule has 0 aliphatic carbocycles. The van der Waals surface area contributed by atoms with E-state index in [4.69, 9.17) is 18.3 Å². The van der Waals surface area contributed by atoms with Crippen molar-refractivity contribution in [3.63, 3.8) is 0 Å². The first-order chi connectivity index (χ1) is 15.2. The molecule has 31 heavy (non-hydrogen) atoms. The number of amides is 1. The summed E-state index contributed by atoms with van der Waals surface area (Å²) < 4.78 is 22.7. The maximum atomic E-state index is 12.6. The fourth-order valence-electron chi connectivity index (χ4n) is 3.01. The van der Waals surface area contributed by atoms with Crippen LogP contribution in [0, 0.1) is 0 Å². The van der Waals surface area contributed by atoms with Crippen LogP contribution in [0.3, 0.4) is 0 Å². The van der Waals surface area contributed by atoms with Gasteiger partial charge in [-0.15, -0.1) is 5.10 Å². The van der Waals surface area contributed by atoms with Crippen molar-refractivity contribution >= 4 is 22.9 Å². The van der Waals surface area contributed by atoms with Gasteiger partial charge in [0, 0.05) is 10.9 Å². The summed E-state index contributed by atoms with van der Waals surface area (Å²) in [5.74, 6) is 1.45. The Hall–Kier alpha value is -3.81. The molecule has 8 heteroatoms. The van der Waals surface area contributed by atoms with Gasteiger partial charge in [-0.1, -0.05) is 36.6 Å². The molecule has 8 nitrogen and oxygen atoms in total. The summed E-state index contributed by atoms with van der Waals surface area (Å²) in [6, 6.07) is 14.3. The number of unbranched alkanes of at least 4 members (excludes halogenated alkanes) is 1. The SMILES string of the molecule is CCCCOc1cccc(C(=O)Nc2nnc(-c3cc4cccc(OCC)c4o3)o2)c1. The van der Waals surface area contributed by atoms with Crippen LogP contribution in [-0.2, 0) is 0 Å². The number of anilines is 1. The lowest BCUT2D eigenvalue weighted by Gasteiger charge is -2.07. The normalized spacial score (nSPS) is 10.9. The van der Waals surface area contributed by atoms with Crippen LogP contribution in [-0.4, -0.2) is 29.3 Å². The molecule has 160 valence electrons. The number of furan rings is 1. The number of benzene rings is 2. The van der Waals surface area contributed by atoms with Gasteiger partial charge in [-0.05, 0) is 43.7 Å². The Morgan fingerprint density at radius 1 is 1.03 bits per heavy atom. The maximum absolute atomic E-state index is 12.6. The van der Waals surface area contributed by atoms with Gasteiger partial charge in [-0.2, -0.15) is 0 Å². The fourth-order valence-corrected chi connectivity index (χ4v) is 3.01. The molecule has 0 saturated heterocycles. The molecular weight excluding hydrogens is 398 g/mol. The van der Waals surface area contributed by atoms with Crippen molar-refractivity contribution in [2.75, 3.05) is 18.5 Å². The number of hydrogen-bond acceptors (Lipinski definition) is 7.